The number of H-pyrrole nitrogens is 1. The first-order valence-electron chi connectivity index (χ1n) is 12.0. The average Bonchev–Trinajstić information content (AvgIpc) is 3.35. The first kappa shape index (κ1) is 31.3. The van der Waals surface area contributed by atoms with Gasteiger partial charge >= 0.3 is 5.97 Å². The van der Waals surface area contributed by atoms with Gasteiger partial charge in [0.25, 0.3) is 0 Å². The predicted molar refractivity (Wildman–Crippen MR) is 135 cm³/mol. The van der Waals surface area contributed by atoms with E-state index in [1.165, 1.54) is 19.4 Å². The molecule has 1 aromatic heterocycles. The van der Waals surface area contributed by atoms with E-state index in [4.69, 9.17) is 17.2 Å². The van der Waals surface area contributed by atoms with E-state index in [2.05, 4.69) is 30.9 Å². The summed E-state index contributed by atoms with van der Waals surface area (Å²) in [7, 11) is 0. The molecule has 0 aliphatic carbocycles. The van der Waals surface area contributed by atoms with Crippen LogP contribution in [0.3, 0.4) is 0 Å². The van der Waals surface area contributed by atoms with E-state index < -0.39 is 54.0 Å². The highest BCUT2D eigenvalue weighted by atomic mass is 16.4. The maximum Gasteiger partial charge on any atom is 0.326 e. The number of aliphatic hydroxyl groups excluding tert-OH is 1. The number of guanidine groups is 1. The number of aliphatic imine (C=N–C) groups is 1. The highest BCUT2D eigenvalue weighted by molar-refractivity contribution is 5.94. The van der Waals surface area contributed by atoms with Crippen LogP contribution in [0.4, 0.5) is 0 Å². The van der Waals surface area contributed by atoms with Crippen LogP contribution in [0.15, 0.2) is 17.5 Å². The normalized spacial score (nSPS) is 15.8. The van der Waals surface area contributed by atoms with Gasteiger partial charge in [-0.1, -0.05) is 20.3 Å². The van der Waals surface area contributed by atoms with Crippen molar-refractivity contribution in [2.45, 2.75) is 76.7 Å². The van der Waals surface area contributed by atoms with Crippen molar-refractivity contribution in [1.82, 2.24) is 25.9 Å². The zero-order valence-electron chi connectivity index (χ0n) is 21.3. The lowest BCUT2D eigenvalue weighted by Gasteiger charge is -2.28. The van der Waals surface area contributed by atoms with Gasteiger partial charge < -0.3 is 48.3 Å². The number of aliphatic carboxylic acids is 1. The van der Waals surface area contributed by atoms with Crippen LogP contribution < -0.4 is 33.2 Å². The van der Waals surface area contributed by atoms with Crippen molar-refractivity contribution in [1.29, 1.82) is 0 Å². The minimum Gasteiger partial charge on any atom is -0.480 e. The Morgan fingerprint density at radius 2 is 1.73 bits per heavy atom. The van der Waals surface area contributed by atoms with Gasteiger partial charge in [-0.2, -0.15) is 0 Å². The lowest BCUT2D eigenvalue weighted by molar-refractivity contribution is -0.142. The lowest BCUT2D eigenvalue weighted by atomic mass is 9.97. The molecule has 1 aromatic rings. The van der Waals surface area contributed by atoms with E-state index in [0.717, 1.165) is 0 Å². The van der Waals surface area contributed by atoms with Crippen molar-refractivity contribution in [3.8, 4) is 0 Å². The van der Waals surface area contributed by atoms with Gasteiger partial charge in [0, 0.05) is 24.9 Å². The summed E-state index contributed by atoms with van der Waals surface area (Å²) in [5.41, 5.74) is 16.7. The maximum atomic E-state index is 13.2. The predicted octanol–water partition coefficient (Wildman–Crippen LogP) is -2.70. The van der Waals surface area contributed by atoms with Gasteiger partial charge in [0.15, 0.2) is 5.96 Å². The summed E-state index contributed by atoms with van der Waals surface area (Å²) in [6, 6.07) is -4.76. The highest BCUT2D eigenvalue weighted by Crippen LogP contribution is 2.10. The third kappa shape index (κ3) is 10.8. The van der Waals surface area contributed by atoms with E-state index in [1.54, 1.807) is 6.92 Å². The number of nitrogens with two attached hydrogens (primary N) is 3. The standard InChI is InChI=1S/C22H39N9O6/c1-4-11(2)17(31-19(34)16(23)12(3)32)20(35)30-15(8-13-9-26-10-28-13)18(33)29-14(21(36)37)6-5-7-27-22(24)25/h9-12,14-17,32H,4-8,23H2,1-3H3,(H,26,28)(H,29,33)(H,30,35)(H,31,34)(H,36,37)(H4,24,25,27). The van der Waals surface area contributed by atoms with Crippen molar-refractivity contribution < 1.29 is 29.4 Å². The van der Waals surface area contributed by atoms with Crippen LogP contribution in [0.1, 0.15) is 45.7 Å². The van der Waals surface area contributed by atoms with Crippen LogP contribution in [0.5, 0.6) is 0 Å². The molecule has 6 atom stereocenters. The zero-order valence-corrected chi connectivity index (χ0v) is 21.3. The number of aromatic nitrogens is 2. The molecule has 6 unspecified atom stereocenters. The van der Waals surface area contributed by atoms with Crippen molar-refractivity contribution in [2.24, 2.45) is 28.1 Å². The molecule has 0 aliphatic heterocycles. The second kappa shape index (κ2) is 15.4. The number of carboxylic acids is 1. The summed E-state index contributed by atoms with van der Waals surface area (Å²) >= 11 is 0. The number of rotatable bonds is 16. The first-order valence-corrected chi connectivity index (χ1v) is 12.0. The van der Waals surface area contributed by atoms with E-state index in [1.807, 2.05) is 6.92 Å². The van der Waals surface area contributed by atoms with Crippen molar-refractivity contribution >= 4 is 29.7 Å². The highest BCUT2D eigenvalue weighted by Gasteiger charge is 2.33. The molecule has 15 heteroatoms. The third-order valence-corrected chi connectivity index (χ3v) is 5.79. The third-order valence-electron chi connectivity index (χ3n) is 5.79. The van der Waals surface area contributed by atoms with Crippen molar-refractivity contribution in [2.75, 3.05) is 6.54 Å². The molecule has 3 amide bonds. The van der Waals surface area contributed by atoms with Gasteiger partial charge in [0.1, 0.15) is 24.2 Å². The molecule has 0 spiro atoms. The molecule has 0 saturated heterocycles. The summed E-state index contributed by atoms with van der Waals surface area (Å²) in [6.45, 7) is 5.09. The Morgan fingerprint density at radius 3 is 2.24 bits per heavy atom. The van der Waals surface area contributed by atoms with Gasteiger partial charge in [-0.05, 0) is 25.7 Å². The average molecular weight is 526 g/mol. The van der Waals surface area contributed by atoms with Crippen LogP contribution in [0.2, 0.25) is 0 Å². The van der Waals surface area contributed by atoms with Crippen LogP contribution >= 0.6 is 0 Å². The first-order chi connectivity index (χ1) is 17.4. The fourth-order valence-corrected chi connectivity index (χ4v) is 3.29. The molecule has 0 radical (unpaired) electrons. The molecule has 37 heavy (non-hydrogen) atoms. The lowest BCUT2D eigenvalue weighted by Crippen LogP contribution is -2.60. The number of nitrogens with zero attached hydrogens (tertiary/aromatic N) is 2. The van der Waals surface area contributed by atoms with E-state index >= 15 is 0 Å². The number of aliphatic hydroxyl groups is 1. The Kier molecular flexibility index (Phi) is 13.0. The molecular weight excluding hydrogens is 486 g/mol. The summed E-state index contributed by atoms with van der Waals surface area (Å²) in [5, 5.41) is 26.8. The van der Waals surface area contributed by atoms with Crippen molar-refractivity contribution in [3.05, 3.63) is 18.2 Å². The van der Waals surface area contributed by atoms with Gasteiger partial charge in [0.05, 0.1) is 12.4 Å². The number of carbonyl (C=O) groups is 4. The second-order valence-electron chi connectivity index (χ2n) is 8.83. The van der Waals surface area contributed by atoms with Gasteiger partial charge in [-0.25, -0.2) is 9.78 Å². The minimum atomic E-state index is -1.26. The largest absolute Gasteiger partial charge is 0.480 e. The quantitative estimate of drug-likeness (QED) is 0.0612. The number of amides is 3. The Balaban J connectivity index is 3.06. The molecule has 208 valence electrons. The number of nitrogens with one attached hydrogen (secondary N) is 4. The Morgan fingerprint density at radius 1 is 1.08 bits per heavy atom. The summed E-state index contributed by atoms with van der Waals surface area (Å²) in [6.07, 6.45) is 2.55. The number of hydrogen-bond donors (Lipinski definition) is 9. The fraction of sp³-hybridized carbons (Fsp3) is 0.636. The van der Waals surface area contributed by atoms with Gasteiger partial charge in [0.2, 0.25) is 17.7 Å². The summed E-state index contributed by atoms with van der Waals surface area (Å²) < 4.78 is 0. The molecule has 15 nitrogen and oxygen atoms in total. The summed E-state index contributed by atoms with van der Waals surface area (Å²) in [5.74, 6) is -3.87. The number of imidazole rings is 1. The second-order valence-corrected chi connectivity index (χ2v) is 8.83. The minimum absolute atomic E-state index is 0.0216. The molecule has 0 aliphatic rings. The Labute approximate surface area is 215 Å². The molecule has 0 bridgehead atoms. The molecule has 0 aromatic carbocycles. The zero-order chi connectivity index (χ0) is 28.1. The molecule has 1 heterocycles. The van der Waals surface area contributed by atoms with Crippen LogP contribution in [0.25, 0.3) is 0 Å². The van der Waals surface area contributed by atoms with Crippen LogP contribution in [-0.4, -0.2) is 86.6 Å². The molecule has 0 fully saturated rings. The van der Waals surface area contributed by atoms with E-state index in [9.17, 15) is 29.4 Å². The Bertz CT molecular complexity index is 918. The monoisotopic (exact) mass is 525 g/mol. The van der Waals surface area contributed by atoms with Gasteiger partial charge in [-0.15, -0.1) is 0 Å². The molecule has 12 N–H and O–H groups in total. The number of carbonyl (C=O) groups excluding carboxylic acids is 3. The molecular formula is C22H39N9O6. The van der Waals surface area contributed by atoms with Gasteiger partial charge in [-0.3, -0.25) is 19.4 Å². The van der Waals surface area contributed by atoms with Crippen molar-refractivity contribution in [3.63, 3.8) is 0 Å². The number of aromatic amines is 1. The SMILES string of the molecule is CCC(C)C(NC(=O)C(N)C(C)O)C(=O)NC(Cc1cnc[nH]1)C(=O)NC(CCCN=C(N)N)C(=O)O. The van der Waals surface area contributed by atoms with E-state index in [-0.39, 0.29) is 31.3 Å². The topological polar surface area (TPSA) is 264 Å². The summed E-state index contributed by atoms with van der Waals surface area (Å²) in [4.78, 5) is 61.0. The fourth-order valence-electron chi connectivity index (χ4n) is 3.29. The number of carboxylic acid groups (broad SMARTS) is 1. The smallest absolute Gasteiger partial charge is 0.326 e. The molecule has 0 saturated carbocycles. The molecule has 1 rings (SSSR count). The van der Waals surface area contributed by atoms with Crippen LogP contribution in [0, 0.1) is 5.92 Å². The van der Waals surface area contributed by atoms with E-state index in [0.29, 0.717) is 18.5 Å². The number of hydrogen-bond acceptors (Lipinski definition) is 8. The Hall–Kier alpha value is -3.72. The maximum absolute atomic E-state index is 13.2. The van der Waals surface area contributed by atoms with Crippen LogP contribution in [-0.2, 0) is 25.6 Å².